The van der Waals surface area contributed by atoms with Crippen LogP contribution in [0.4, 0.5) is 5.69 Å². The van der Waals surface area contributed by atoms with Gasteiger partial charge < -0.3 is 19.7 Å². The van der Waals surface area contributed by atoms with E-state index in [4.69, 9.17) is 9.47 Å². The number of ether oxygens (including phenoxy) is 2. The van der Waals surface area contributed by atoms with E-state index in [-0.39, 0.29) is 30.4 Å². The molecule has 0 spiro atoms. The van der Waals surface area contributed by atoms with Gasteiger partial charge in [0.15, 0.2) is 6.29 Å². The Labute approximate surface area is 142 Å². The lowest BCUT2D eigenvalue weighted by Gasteiger charge is -2.17. The number of rotatable bonds is 6. The zero-order valence-electron chi connectivity index (χ0n) is 14.0. The van der Waals surface area contributed by atoms with Crippen molar-refractivity contribution in [2.45, 2.75) is 32.5 Å². The normalized spacial score (nSPS) is 21.5. The van der Waals surface area contributed by atoms with Gasteiger partial charge in [0, 0.05) is 31.6 Å². The van der Waals surface area contributed by atoms with Crippen molar-refractivity contribution in [1.29, 1.82) is 0 Å². The summed E-state index contributed by atoms with van der Waals surface area (Å²) in [6.07, 6.45) is 1.64. The summed E-state index contributed by atoms with van der Waals surface area (Å²) in [6, 6.07) is 7.95. The summed E-state index contributed by atoms with van der Waals surface area (Å²) in [7, 11) is 0. The van der Waals surface area contributed by atoms with E-state index in [1.54, 1.807) is 4.90 Å². The van der Waals surface area contributed by atoms with E-state index < -0.39 is 0 Å². The molecule has 1 N–H and O–H groups in total. The Bertz CT molecular complexity index is 581. The third kappa shape index (κ3) is 3.94. The van der Waals surface area contributed by atoms with Crippen molar-refractivity contribution in [2.75, 3.05) is 31.2 Å². The van der Waals surface area contributed by atoms with Gasteiger partial charge in [0.25, 0.3) is 0 Å². The zero-order valence-corrected chi connectivity index (χ0v) is 14.0. The van der Waals surface area contributed by atoms with Crippen LogP contribution in [-0.2, 0) is 25.5 Å². The summed E-state index contributed by atoms with van der Waals surface area (Å²) < 4.78 is 10.7. The van der Waals surface area contributed by atoms with Gasteiger partial charge >= 0.3 is 0 Å². The van der Waals surface area contributed by atoms with E-state index in [1.165, 1.54) is 5.56 Å². The average molecular weight is 332 g/mol. The molecule has 0 saturated carbocycles. The summed E-state index contributed by atoms with van der Waals surface area (Å²) in [5, 5.41) is 2.88. The third-order valence-corrected chi connectivity index (χ3v) is 4.52. The molecule has 6 nitrogen and oxygen atoms in total. The molecule has 1 aromatic rings. The predicted octanol–water partition coefficient (Wildman–Crippen LogP) is 1.48. The second-order valence-electron chi connectivity index (χ2n) is 6.18. The van der Waals surface area contributed by atoms with Gasteiger partial charge in [-0.2, -0.15) is 0 Å². The van der Waals surface area contributed by atoms with Crippen LogP contribution in [0.1, 0.15) is 25.3 Å². The molecule has 1 atom stereocenters. The second kappa shape index (κ2) is 7.77. The average Bonchev–Trinajstić information content (AvgIpc) is 3.24. The first-order valence-corrected chi connectivity index (χ1v) is 8.57. The first-order valence-electron chi connectivity index (χ1n) is 8.57. The molecule has 2 amide bonds. The number of anilines is 1. The number of aryl methyl sites for hydroxylation is 1. The van der Waals surface area contributed by atoms with Crippen molar-refractivity contribution in [3.63, 3.8) is 0 Å². The highest BCUT2D eigenvalue weighted by Crippen LogP contribution is 2.25. The van der Waals surface area contributed by atoms with E-state index in [0.29, 0.717) is 32.7 Å². The van der Waals surface area contributed by atoms with Crippen molar-refractivity contribution in [2.24, 2.45) is 5.92 Å². The first-order chi connectivity index (χ1) is 11.7. The number of hydrogen-bond donors (Lipinski definition) is 1. The summed E-state index contributed by atoms with van der Waals surface area (Å²) in [4.78, 5) is 26.2. The number of carbonyl (C=O) groups excluding carboxylic acids is 2. The molecule has 2 aliphatic rings. The summed E-state index contributed by atoms with van der Waals surface area (Å²) in [6.45, 7) is 4.26. The number of hydrogen-bond acceptors (Lipinski definition) is 4. The fourth-order valence-electron chi connectivity index (χ4n) is 3.08. The van der Waals surface area contributed by atoms with Crippen molar-refractivity contribution < 1.29 is 19.1 Å². The Hall–Kier alpha value is -1.92. The van der Waals surface area contributed by atoms with Crippen molar-refractivity contribution in [3.05, 3.63) is 29.8 Å². The van der Waals surface area contributed by atoms with Crippen LogP contribution in [0, 0.1) is 5.92 Å². The van der Waals surface area contributed by atoms with Crippen LogP contribution in [0.25, 0.3) is 0 Å². The lowest BCUT2D eigenvalue weighted by atomic mass is 10.1. The maximum atomic E-state index is 12.3. The minimum atomic E-state index is -0.297. The Morgan fingerprint density at radius 2 is 1.96 bits per heavy atom. The van der Waals surface area contributed by atoms with Crippen LogP contribution >= 0.6 is 0 Å². The highest BCUT2D eigenvalue weighted by molar-refractivity contribution is 6.00. The fourth-order valence-corrected chi connectivity index (χ4v) is 3.08. The van der Waals surface area contributed by atoms with Gasteiger partial charge in [0.1, 0.15) is 0 Å². The maximum absolute atomic E-state index is 12.3. The highest BCUT2D eigenvalue weighted by atomic mass is 16.7. The minimum absolute atomic E-state index is 0.00172. The number of nitrogens with zero attached hydrogens (tertiary/aromatic N) is 1. The number of nitrogens with one attached hydrogen (secondary N) is 1. The Morgan fingerprint density at radius 1 is 1.25 bits per heavy atom. The van der Waals surface area contributed by atoms with E-state index in [9.17, 15) is 9.59 Å². The Morgan fingerprint density at radius 3 is 2.62 bits per heavy atom. The lowest BCUT2D eigenvalue weighted by Crippen LogP contribution is -2.34. The smallest absolute Gasteiger partial charge is 0.227 e. The molecule has 0 bridgehead atoms. The van der Waals surface area contributed by atoms with Crippen LogP contribution in [0.5, 0.6) is 0 Å². The number of carbonyl (C=O) groups is 2. The standard InChI is InChI=1S/C18H24N2O4/c1-2-13-3-5-15(6-4-13)20-12-14(11-16(20)21)18(22)19-8-7-17-23-9-10-24-17/h3-6,14,17H,2,7-12H2,1H3,(H,19,22). The monoisotopic (exact) mass is 332 g/mol. The van der Waals surface area contributed by atoms with Crippen LogP contribution in [0.15, 0.2) is 24.3 Å². The van der Waals surface area contributed by atoms with E-state index in [1.807, 2.05) is 24.3 Å². The molecule has 0 aliphatic carbocycles. The van der Waals surface area contributed by atoms with Gasteiger partial charge in [0.2, 0.25) is 11.8 Å². The topological polar surface area (TPSA) is 67.9 Å². The lowest BCUT2D eigenvalue weighted by molar-refractivity contribution is -0.126. The molecule has 130 valence electrons. The predicted molar refractivity (Wildman–Crippen MR) is 89.6 cm³/mol. The van der Waals surface area contributed by atoms with E-state index in [2.05, 4.69) is 12.2 Å². The largest absolute Gasteiger partial charge is 0.356 e. The fraction of sp³-hybridized carbons (Fsp3) is 0.556. The van der Waals surface area contributed by atoms with Crippen LogP contribution in [0.2, 0.25) is 0 Å². The number of amides is 2. The molecular formula is C18H24N2O4. The van der Waals surface area contributed by atoms with E-state index >= 15 is 0 Å². The second-order valence-corrected chi connectivity index (χ2v) is 6.18. The molecule has 2 aliphatic heterocycles. The van der Waals surface area contributed by atoms with Crippen LogP contribution in [0.3, 0.4) is 0 Å². The van der Waals surface area contributed by atoms with Crippen molar-refractivity contribution in [3.8, 4) is 0 Å². The van der Waals surface area contributed by atoms with Crippen molar-refractivity contribution in [1.82, 2.24) is 5.32 Å². The van der Waals surface area contributed by atoms with Gasteiger partial charge in [-0.3, -0.25) is 9.59 Å². The minimum Gasteiger partial charge on any atom is -0.356 e. The molecule has 24 heavy (non-hydrogen) atoms. The molecule has 2 saturated heterocycles. The number of benzene rings is 1. The highest BCUT2D eigenvalue weighted by Gasteiger charge is 2.35. The Kier molecular flexibility index (Phi) is 5.48. The van der Waals surface area contributed by atoms with Gasteiger partial charge in [-0.1, -0.05) is 19.1 Å². The zero-order chi connectivity index (χ0) is 16.9. The molecule has 2 heterocycles. The first kappa shape index (κ1) is 16.9. The molecule has 6 heteroatoms. The summed E-state index contributed by atoms with van der Waals surface area (Å²) in [5.74, 6) is -0.371. The van der Waals surface area contributed by atoms with Gasteiger partial charge in [-0.15, -0.1) is 0 Å². The van der Waals surface area contributed by atoms with Gasteiger partial charge in [-0.05, 0) is 24.1 Å². The van der Waals surface area contributed by atoms with Crippen LogP contribution in [-0.4, -0.2) is 44.4 Å². The van der Waals surface area contributed by atoms with Gasteiger partial charge in [-0.25, -0.2) is 0 Å². The van der Waals surface area contributed by atoms with Crippen LogP contribution < -0.4 is 10.2 Å². The van der Waals surface area contributed by atoms with E-state index in [0.717, 1.165) is 12.1 Å². The molecule has 2 fully saturated rings. The quantitative estimate of drug-likeness (QED) is 0.857. The maximum Gasteiger partial charge on any atom is 0.227 e. The molecule has 1 unspecified atom stereocenters. The summed E-state index contributed by atoms with van der Waals surface area (Å²) >= 11 is 0. The molecular weight excluding hydrogens is 308 g/mol. The molecule has 3 rings (SSSR count). The molecule has 1 aromatic carbocycles. The molecule has 0 radical (unpaired) electrons. The molecule has 0 aromatic heterocycles. The Balaban J connectivity index is 1.50. The third-order valence-electron chi connectivity index (χ3n) is 4.52. The van der Waals surface area contributed by atoms with Gasteiger partial charge in [0.05, 0.1) is 19.1 Å². The van der Waals surface area contributed by atoms with Crippen molar-refractivity contribution >= 4 is 17.5 Å². The SMILES string of the molecule is CCc1ccc(N2CC(C(=O)NCCC3OCCO3)CC2=O)cc1. The summed E-state index contributed by atoms with van der Waals surface area (Å²) in [5.41, 5.74) is 2.09.